The van der Waals surface area contributed by atoms with Gasteiger partial charge >= 0.3 is 0 Å². The Morgan fingerprint density at radius 3 is 2.29 bits per heavy atom. The first-order valence-corrected chi connectivity index (χ1v) is 5.85. The average molecular weight is 190 g/mol. The first kappa shape index (κ1) is 11.3. The number of aryl methyl sites for hydroxylation is 3. The summed E-state index contributed by atoms with van der Waals surface area (Å²) in [6.07, 6.45) is 6.41. The fourth-order valence-electron chi connectivity index (χ4n) is 1.88. The Hall–Kier alpha value is -0.780. The SMILES string of the molecule is CCCCCc1cc(C)cc(CC)c1. The lowest BCUT2D eigenvalue weighted by atomic mass is 10.0. The third-order valence-electron chi connectivity index (χ3n) is 2.67. The first-order chi connectivity index (χ1) is 6.76. The molecule has 0 atom stereocenters. The largest absolute Gasteiger partial charge is 0.0654 e. The lowest BCUT2D eigenvalue weighted by Gasteiger charge is -2.05. The minimum Gasteiger partial charge on any atom is -0.0654 e. The predicted molar refractivity (Wildman–Crippen MR) is 63.8 cm³/mol. The normalized spacial score (nSPS) is 10.5. The van der Waals surface area contributed by atoms with Crippen molar-refractivity contribution < 1.29 is 0 Å². The Balaban J connectivity index is 2.62. The minimum atomic E-state index is 1.16. The van der Waals surface area contributed by atoms with Gasteiger partial charge in [0.25, 0.3) is 0 Å². The molecule has 0 aliphatic rings. The van der Waals surface area contributed by atoms with Crippen LogP contribution in [0.1, 0.15) is 49.8 Å². The van der Waals surface area contributed by atoms with Gasteiger partial charge in [0.15, 0.2) is 0 Å². The number of hydrogen-bond acceptors (Lipinski definition) is 0. The third kappa shape index (κ3) is 3.53. The van der Waals surface area contributed by atoms with Crippen LogP contribution in [0.2, 0.25) is 0 Å². The van der Waals surface area contributed by atoms with Gasteiger partial charge in [-0.05, 0) is 37.3 Å². The molecule has 0 radical (unpaired) electrons. The Labute approximate surface area is 88.4 Å². The van der Waals surface area contributed by atoms with Gasteiger partial charge in [-0.15, -0.1) is 0 Å². The Bertz CT molecular complexity index is 273. The average Bonchev–Trinajstić information content (AvgIpc) is 2.17. The van der Waals surface area contributed by atoms with Gasteiger partial charge in [-0.3, -0.25) is 0 Å². The predicted octanol–water partition coefficient (Wildman–Crippen LogP) is 4.29. The molecule has 0 aliphatic carbocycles. The molecule has 0 aliphatic heterocycles. The van der Waals surface area contributed by atoms with E-state index in [-0.39, 0.29) is 0 Å². The molecule has 1 rings (SSSR count). The highest BCUT2D eigenvalue weighted by atomic mass is 14.0. The Morgan fingerprint density at radius 2 is 1.64 bits per heavy atom. The van der Waals surface area contributed by atoms with Crippen LogP contribution < -0.4 is 0 Å². The maximum atomic E-state index is 2.36. The third-order valence-corrected chi connectivity index (χ3v) is 2.67. The van der Waals surface area contributed by atoms with Crippen LogP contribution in [0.5, 0.6) is 0 Å². The molecule has 0 fully saturated rings. The zero-order valence-electron chi connectivity index (χ0n) is 9.77. The van der Waals surface area contributed by atoms with Crippen LogP contribution in [-0.2, 0) is 12.8 Å². The monoisotopic (exact) mass is 190 g/mol. The molecule has 14 heavy (non-hydrogen) atoms. The van der Waals surface area contributed by atoms with Gasteiger partial charge in [-0.25, -0.2) is 0 Å². The standard InChI is InChI=1S/C14H22/c1-4-6-7-8-14-10-12(3)9-13(5-2)11-14/h9-11H,4-8H2,1-3H3. The lowest BCUT2D eigenvalue weighted by molar-refractivity contribution is 0.716. The molecule has 0 amide bonds. The number of rotatable bonds is 5. The summed E-state index contributed by atoms with van der Waals surface area (Å²) < 4.78 is 0. The second-order valence-corrected chi connectivity index (χ2v) is 4.14. The molecule has 1 aromatic rings. The summed E-state index contributed by atoms with van der Waals surface area (Å²) in [6, 6.07) is 6.99. The van der Waals surface area contributed by atoms with E-state index in [9.17, 15) is 0 Å². The van der Waals surface area contributed by atoms with E-state index in [1.807, 2.05) is 0 Å². The molecule has 0 unspecified atom stereocenters. The van der Waals surface area contributed by atoms with Crippen molar-refractivity contribution in [3.63, 3.8) is 0 Å². The fraction of sp³-hybridized carbons (Fsp3) is 0.571. The van der Waals surface area contributed by atoms with Crippen LogP contribution in [0, 0.1) is 6.92 Å². The highest BCUT2D eigenvalue weighted by Gasteiger charge is 1.97. The highest BCUT2D eigenvalue weighted by molar-refractivity contribution is 5.29. The molecule has 0 bridgehead atoms. The van der Waals surface area contributed by atoms with Gasteiger partial charge in [0.05, 0.1) is 0 Å². The van der Waals surface area contributed by atoms with Crippen LogP contribution >= 0.6 is 0 Å². The molecular weight excluding hydrogens is 168 g/mol. The first-order valence-electron chi connectivity index (χ1n) is 5.85. The van der Waals surface area contributed by atoms with Crippen molar-refractivity contribution in [2.75, 3.05) is 0 Å². The van der Waals surface area contributed by atoms with E-state index >= 15 is 0 Å². The molecule has 1 aromatic carbocycles. The van der Waals surface area contributed by atoms with Gasteiger partial charge in [0, 0.05) is 0 Å². The quantitative estimate of drug-likeness (QED) is 0.608. The van der Waals surface area contributed by atoms with Crippen LogP contribution in [0.15, 0.2) is 18.2 Å². The molecule has 0 heterocycles. The van der Waals surface area contributed by atoms with Crippen LogP contribution in [0.3, 0.4) is 0 Å². The molecule has 0 N–H and O–H groups in total. The van der Waals surface area contributed by atoms with Gasteiger partial charge in [-0.2, -0.15) is 0 Å². The smallest absolute Gasteiger partial charge is 0.0279 e. The van der Waals surface area contributed by atoms with Crippen molar-refractivity contribution in [2.45, 2.75) is 52.9 Å². The zero-order valence-corrected chi connectivity index (χ0v) is 9.77. The van der Waals surface area contributed by atoms with E-state index in [1.54, 1.807) is 0 Å². The maximum absolute atomic E-state index is 2.36. The fourth-order valence-corrected chi connectivity index (χ4v) is 1.88. The summed E-state index contributed by atoms with van der Waals surface area (Å²) in [5, 5.41) is 0. The molecular formula is C14H22. The number of benzene rings is 1. The van der Waals surface area contributed by atoms with Crippen molar-refractivity contribution in [1.82, 2.24) is 0 Å². The summed E-state index contributed by atoms with van der Waals surface area (Å²) in [4.78, 5) is 0. The Kier molecular flexibility index (Phi) is 4.72. The molecule has 0 aromatic heterocycles. The van der Waals surface area contributed by atoms with E-state index in [2.05, 4.69) is 39.0 Å². The molecule has 0 saturated carbocycles. The van der Waals surface area contributed by atoms with E-state index in [1.165, 1.54) is 42.4 Å². The van der Waals surface area contributed by atoms with Crippen molar-refractivity contribution in [3.8, 4) is 0 Å². The highest BCUT2D eigenvalue weighted by Crippen LogP contribution is 2.13. The van der Waals surface area contributed by atoms with Crippen LogP contribution in [0.4, 0.5) is 0 Å². The van der Waals surface area contributed by atoms with Gasteiger partial charge in [-0.1, -0.05) is 50.5 Å². The summed E-state index contributed by atoms with van der Waals surface area (Å²) in [6.45, 7) is 6.68. The van der Waals surface area contributed by atoms with Gasteiger partial charge in [0.2, 0.25) is 0 Å². The van der Waals surface area contributed by atoms with Crippen molar-refractivity contribution in [3.05, 3.63) is 34.9 Å². The second kappa shape index (κ2) is 5.85. The number of unbranched alkanes of at least 4 members (excludes halogenated alkanes) is 2. The summed E-state index contributed by atoms with van der Waals surface area (Å²) >= 11 is 0. The number of hydrogen-bond donors (Lipinski definition) is 0. The molecule has 0 nitrogen and oxygen atoms in total. The molecule has 78 valence electrons. The van der Waals surface area contributed by atoms with Crippen molar-refractivity contribution in [2.24, 2.45) is 0 Å². The van der Waals surface area contributed by atoms with E-state index in [0.717, 1.165) is 6.42 Å². The van der Waals surface area contributed by atoms with E-state index in [0.29, 0.717) is 0 Å². The van der Waals surface area contributed by atoms with Crippen molar-refractivity contribution in [1.29, 1.82) is 0 Å². The van der Waals surface area contributed by atoms with E-state index in [4.69, 9.17) is 0 Å². The Morgan fingerprint density at radius 1 is 0.929 bits per heavy atom. The summed E-state index contributed by atoms with van der Waals surface area (Å²) in [5.74, 6) is 0. The summed E-state index contributed by atoms with van der Waals surface area (Å²) in [7, 11) is 0. The zero-order chi connectivity index (χ0) is 10.4. The molecule has 0 spiro atoms. The molecule has 0 saturated heterocycles. The lowest BCUT2D eigenvalue weighted by Crippen LogP contribution is -1.90. The van der Waals surface area contributed by atoms with Crippen LogP contribution in [0.25, 0.3) is 0 Å². The topological polar surface area (TPSA) is 0 Å². The van der Waals surface area contributed by atoms with E-state index < -0.39 is 0 Å². The minimum absolute atomic E-state index is 1.16. The van der Waals surface area contributed by atoms with Gasteiger partial charge in [0.1, 0.15) is 0 Å². The summed E-state index contributed by atoms with van der Waals surface area (Å²) in [5.41, 5.74) is 4.42. The molecule has 0 heteroatoms. The maximum Gasteiger partial charge on any atom is -0.0279 e. The van der Waals surface area contributed by atoms with Crippen molar-refractivity contribution >= 4 is 0 Å². The second-order valence-electron chi connectivity index (χ2n) is 4.14. The van der Waals surface area contributed by atoms with Gasteiger partial charge < -0.3 is 0 Å². The van der Waals surface area contributed by atoms with Crippen LogP contribution in [-0.4, -0.2) is 0 Å².